The minimum atomic E-state index is -0.323. The van der Waals surface area contributed by atoms with Crippen LogP contribution in [-0.2, 0) is 4.79 Å². The van der Waals surface area contributed by atoms with Crippen molar-refractivity contribution >= 4 is 11.7 Å². The number of nitrogens with zero attached hydrogens (tertiary/aromatic N) is 4. The molecule has 2 aromatic heterocycles. The molecule has 0 saturated heterocycles. The van der Waals surface area contributed by atoms with E-state index in [2.05, 4.69) is 20.4 Å². The Hall–Kier alpha value is -3.09. The predicted octanol–water partition coefficient (Wildman–Crippen LogP) is 2.58. The summed E-state index contributed by atoms with van der Waals surface area (Å²) in [7, 11) is 0. The lowest BCUT2D eigenvalue weighted by Gasteiger charge is -2.24. The highest BCUT2D eigenvalue weighted by molar-refractivity contribution is 5.95. The molecule has 1 aromatic carbocycles. The van der Waals surface area contributed by atoms with E-state index in [1.54, 1.807) is 24.5 Å². The van der Waals surface area contributed by atoms with E-state index in [0.717, 1.165) is 16.8 Å². The standard InChI is InChI=1S/C17H14FN5O/c1-10-15-13(11-4-2-5-12(18)8-11)9-14(24)21-16(15)23(22-10)17-19-6-3-7-20-17/h2-8,13H,9H2,1H3,(H,21,24)/t13-/m1/s1. The Morgan fingerprint density at radius 1 is 1.25 bits per heavy atom. The molecule has 6 nitrogen and oxygen atoms in total. The van der Waals surface area contributed by atoms with Crippen molar-refractivity contribution in [1.29, 1.82) is 0 Å². The molecule has 1 N–H and O–H groups in total. The van der Waals surface area contributed by atoms with Gasteiger partial charge in [-0.15, -0.1) is 0 Å². The molecular formula is C17H14FN5O. The van der Waals surface area contributed by atoms with E-state index in [0.29, 0.717) is 11.8 Å². The summed E-state index contributed by atoms with van der Waals surface area (Å²) >= 11 is 0. The average Bonchev–Trinajstić information content (AvgIpc) is 2.91. The van der Waals surface area contributed by atoms with Crippen LogP contribution in [-0.4, -0.2) is 25.7 Å². The van der Waals surface area contributed by atoms with Crippen LogP contribution >= 0.6 is 0 Å². The smallest absolute Gasteiger partial charge is 0.252 e. The largest absolute Gasteiger partial charge is 0.310 e. The molecule has 3 aromatic rings. The first-order valence-electron chi connectivity index (χ1n) is 7.55. The second kappa shape index (κ2) is 5.52. The van der Waals surface area contributed by atoms with Crippen LogP contribution in [0.1, 0.15) is 29.2 Å². The van der Waals surface area contributed by atoms with Crippen molar-refractivity contribution < 1.29 is 9.18 Å². The Morgan fingerprint density at radius 3 is 2.79 bits per heavy atom. The highest BCUT2D eigenvalue weighted by atomic mass is 19.1. The van der Waals surface area contributed by atoms with Crippen LogP contribution in [0, 0.1) is 12.7 Å². The van der Waals surface area contributed by atoms with Crippen LogP contribution in [0.15, 0.2) is 42.7 Å². The number of amides is 1. The lowest BCUT2D eigenvalue weighted by molar-refractivity contribution is -0.116. The second-order valence-corrected chi connectivity index (χ2v) is 5.67. The fourth-order valence-electron chi connectivity index (χ4n) is 3.10. The zero-order valence-corrected chi connectivity index (χ0v) is 12.9. The first-order valence-corrected chi connectivity index (χ1v) is 7.55. The molecule has 1 aliphatic heterocycles. The average molecular weight is 323 g/mol. The first kappa shape index (κ1) is 14.5. The fourth-order valence-corrected chi connectivity index (χ4v) is 3.10. The molecule has 7 heteroatoms. The monoisotopic (exact) mass is 323 g/mol. The van der Waals surface area contributed by atoms with Crippen molar-refractivity contribution in [3.63, 3.8) is 0 Å². The first-order chi connectivity index (χ1) is 11.6. The molecule has 0 unspecified atom stereocenters. The Bertz CT molecular complexity index is 922. The molecule has 0 aliphatic carbocycles. The quantitative estimate of drug-likeness (QED) is 0.787. The van der Waals surface area contributed by atoms with Gasteiger partial charge in [-0.2, -0.15) is 9.78 Å². The highest BCUT2D eigenvalue weighted by Crippen LogP contribution is 2.39. The van der Waals surface area contributed by atoms with E-state index in [9.17, 15) is 9.18 Å². The number of aromatic nitrogens is 4. The van der Waals surface area contributed by atoms with E-state index in [1.165, 1.54) is 16.8 Å². The Labute approximate surface area is 137 Å². The maximum Gasteiger partial charge on any atom is 0.252 e. The van der Waals surface area contributed by atoms with Gasteiger partial charge >= 0.3 is 0 Å². The van der Waals surface area contributed by atoms with Gasteiger partial charge in [0.05, 0.1) is 5.69 Å². The maximum absolute atomic E-state index is 13.6. The van der Waals surface area contributed by atoms with Crippen LogP contribution in [0.4, 0.5) is 10.2 Å². The number of halogens is 1. The molecule has 3 heterocycles. The number of benzene rings is 1. The zero-order valence-electron chi connectivity index (χ0n) is 12.9. The zero-order chi connectivity index (χ0) is 16.7. The summed E-state index contributed by atoms with van der Waals surface area (Å²) in [5, 5.41) is 7.33. The lowest BCUT2D eigenvalue weighted by Crippen LogP contribution is -2.25. The van der Waals surface area contributed by atoms with Gasteiger partial charge in [0, 0.05) is 30.3 Å². The summed E-state index contributed by atoms with van der Waals surface area (Å²) in [5.41, 5.74) is 2.38. The molecule has 0 spiro atoms. The number of fused-ring (bicyclic) bond motifs is 1. The number of anilines is 1. The second-order valence-electron chi connectivity index (χ2n) is 5.67. The van der Waals surface area contributed by atoms with E-state index < -0.39 is 0 Å². The minimum Gasteiger partial charge on any atom is -0.310 e. The number of rotatable bonds is 2. The Morgan fingerprint density at radius 2 is 2.04 bits per heavy atom. The Kier molecular flexibility index (Phi) is 3.34. The van der Waals surface area contributed by atoms with Crippen molar-refractivity contribution in [2.24, 2.45) is 0 Å². The maximum atomic E-state index is 13.6. The van der Waals surface area contributed by atoms with E-state index in [-0.39, 0.29) is 24.1 Å². The van der Waals surface area contributed by atoms with Crippen molar-refractivity contribution in [3.8, 4) is 5.95 Å². The molecule has 0 fully saturated rings. The molecule has 1 atom stereocenters. The van der Waals surface area contributed by atoms with Crippen molar-refractivity contribution in [1.82, 2.24) is 19.7 Å². The highest BCUT2D eigenvalue weighted by Gasteiger charge is 2.33. The summed E-state index contributed by atoms with van der Waals surface area (Å²) in [5.74, 6) is 0.207. The van der Waals surface area contributed by atoms with Gasteiger partial charge in [-0.05, 0) is 30.7 Å². The van der Waals surface area contributed by atoms with Gasteiger partial charge in [-0.3, -0.25) is 4.79 Å². The van der Waals surface area contributed by atoms with Crippen LogP contribution in [0.25, 0.3) is 5.95 Å². The van der Waals surface area contributed by atoms with Crippen LogP contribution in [0.2, 0.25) is 0 Å². The van der Waals surface area contributed by atoms with Gasteiger partial charge in [0.25, 0.3) is 5.95 Å². The molecule has 120 valence electrons. The van der Waals surface area contributed by atoms with Gasteiger partial charge in [0.15, 0.2) is 0 Å². The number of carbonyl (C=O) groups is 1. The molecule has 4 rings (SSSR count). The van der Waals surface area contributed by atoms with Crippen molar-refractivity contribution in [2.45, 2.75) is 19.3 Å². The van der Waals surface area contributed by atoms with E-state index in [1.807, 2.05) is 13.0 Å². The molecule has 24 heavy (non-hydrogen) atoms. The van der Waals surface area contributed by atoms with Crippen LogP contribution in [0.5, 0.6) is 0 Å². The Balaban J connectivity index is 1.89. The van der Waals surface area contributed by atoms with Crippen LogP contribution < -0.4 is 5.32 Å². The predicted molar refractivity (Wildman–Crippen MR) is 85.4 cm³/mol. The third-order valence-corrected chi connectivity index (χ3v) is 4.10. The van der Waals surface area contributed by atoms with Crippen LogP contribution in [0.3, 0.4) is 0 Å². The fraction of sp³-hybridized carbons (Fsp3) is 0.176. The molecular weight excluding hydrogens is 309 g/mol. The van der Waals surface area contributed by atoms with E-state index in [4.69, 9.17) is 0 Å². The normalized spacial score (nSPS) is 16.6. The van der Waals surface area contributed by atoms with Gasteiger partial charge in [0.1, 0.15) is 11.6 Å². The van der Waals surface area contributed by atoms with Gasteiger partial charge in [0.2, 0.25) is 5.91 Å². The number of aryl methyl sites for hydroxylation is 1. The summed E-state index contributed by atoms with van der Waals surface area (Å²) in [6, 6.07) is 8.04. The number of carbonyl (C=O) groups excluding carboxylic acids is 1. The van der Waals surface area contributed by atoms with Gasteiger partial charge in [-0.25, -0.2) is 14.4 Å². The third kappa shape index (κ3) is 2.34. The van der Waals surface area contributed by atoms with Crippen molar-refractivity contribution in [3.05, 3.63) is 65.4 Å². The lowest BCUT2D eigenvalue weighted by atomic mass is 9.86. The third-order valence-electron chi connectivity index (χ3n) is 4.10. The molecule has 0 bridgehead atoms. The number of hydrogen-bond acceptors (Lipinski definition) is 4. The summed E-state index contributed by atoms with van der Waals surface area (Å²) in [4.78, 5) is 20.6. The molecule has 1 aliphatic rings. The number of hydrogen-bond donors (Lipinski definition) is 1. The van der Waals surface area contributed by atoms with Gasteiger partial charge in [-0.1, -0.05) is 12.1 Å². The van der Waals surface area contributed by atoms with Crippen molar-refractivity contribution in [2.75, 3.05) is 5.32 Å². The summed E-state index contributed by atoms with van der Waals surface area (Å²) < 4.78 is 15.1. The minimum absolute atomic E-state index is 0.145. The van der Waals surface area contributed by atoms with E-state index >= 15 is 0 Å². The molecule has 0 radical (unpaired) electrons. The number of nitrogens with one attached hydrogen (secondary N) is 1. The topological polar surface area (TPSA) is 72.7 Å². The molecule has 0 saturated carbocycles. The van der Waals surface area contributed by atoms with Gasteiger partial charge < -0.3 is 5.32 Å². The summed E-state index contributed by atoms with van der Waals surface area (Å²) in [6.45, 7) is 1.86. The SMILES string of the molecule is Cc1nn(-c2ncccn2)c2c1[C@@H](c1cccc(F)c1)CC(=O)N2. The summed E-state index contributed by atoms with van der Waals surface area (Å²) in [6.07, 6.45) is 3.47. The molecule has 1 amide bonds.